The number of ketones is 1. The number of aliphatic hydroxyl groups excluding tert-OH is 4. The molecule has 15 atom stereocenters. The molecule has 0 unspecified atom stereocenters. The van der Waals surface area contributed by atoms with Gasteiger partial charge in [-0.1, -0.05) is 32.4 Å². The number of hydrogen-bond acceptors (Lipinski definition) is 9. The lowest BCUT2D eigenvalue weighted by molar-refractivity contribution is -0.312. The van der Waals surface area contributed by atoms with E-state index in [-0.39, 0.29) is 35.1 Å². The Morgan fingerprint density at radius 1 is 1.12 bits per heavy atom. The SMILES string of the molecule is CC1=C2C(=O)[C@H]3[C@H](CC=C4C[C@H](O[C@H]5O[C@H](CO)[C@@H](O)[C@H](O)[C@H]5O)CC[C@]43C)[C@@H]2CC[C@]12O[C@@H]1C[C@H](C)CN[C@H]1[C@H]2C. The first kappa shape index (κ1) is 29.5. The molecule has 5 N–H and O–H groups in total. The number of Topliss-reactive ketones (excluding diaryl/α,β-unsaturated/α-hetero) is 1. The summed E-state index contributed by atoms with van der Waals surface area (Å²) in [6, 6.07) is 0.344. The molecule has 0 bridgehead atoms. The molecule has 9 heteroatoms. The second-order valence-electron chi connectivity index (χ2n) is 14.9. The monoisotopic (exact) mass is 587 g/mol. The largest absolute Gasteiger partial charge is 0.394 e. The number of carbonyl (C=O) groups excluding carboxylic acids is 1. The number of ether oxygens (including phenoxy) is 3. The molecule has 42 heavy (non-hydrogen) atoms. The van der Waals surface area contributed by atoms with Crippen LogP contribution in [0.4, 0.5) is 0 Å². The lowest BCUT2D eigenvalue weighted by atomic mass is 9.56. The van der Waals surface area contributed by atoms with Crippen LogP contribution in [0, 0.1) is 35.0 Å². The Morgan fingerprint density at radius 2 is 1.90 bits per heavy atom. The number of fused-ring (bicyclic) bond motifs is 6. The van der Waals surface area contributed by atoms with E-state index in [4.69, 9.17) is 14.2 Å². The minimum absolute atomic E-state index is 0.0482. The van der Waals surface area contributed by atoms with E-state index >= 15 is 0 Å². The molecule has 0 aromatic heterocycles. The minimum atomic E-state index is -1.46. The van der Waals surface area contributed by atoms with Crippen molar-refractivity contribution in [2.24, 2.45) is 35.0 Å². The second kappa shape index (κ2) is 10.4. The van der Waals surface area contributed by atoms with Gasteiger partial charge in [0, 0.05) is 23.5 Å². The Morgan fingerprint density at radius 3 is 2.67 bits per heavy atom. The predicted molar refractivity (Wildman–Crippen MR) is 153 cm³/mol. The van der Waals surface area contributed by atoms with Gasteiger partial charge in [-0.25, -0.2) is 0 Å². The van der Waals surface area contributed by atoms with Crippen LogP contribution in [0.15, 0.2) is 22.8 Å². The van der Waals surface area contributed by atoms with Gasteiger partial charge >= 0.3 is 0 Å². The minimum Gasteiger partial charge on any atom is -0.394 e. The first-order valence-electron chi connectivity index (χ1n) is 16.3. The van der Waals surface area contributed by atoms with Gasteiger partial charge in [-0.15, -0.1) is 0 Å². The summed E-state index contributed by atoms with van der Waals surface area (Å²) in [6.45, 7) is 9.60. The second-order valence-corrected chi connectivity index (χ2v) is 14.9. The third-order valence-electron chi connectivity index (χ3n) is 12.8. The number of nitrogens with one attached hydrogen (secondary N) is 1. The fraction of sp³-hybridized carbons (Fsp3) is 0.848. The van der Waals surface area contributed by atoms with Crippen LogP contribution in [-0.2, 0) is 19.0 Å². The molecule has 3 aliphatic heterocycles. The maximum atomic E-state index is 14.5. The average molecular weight is 588 g/mol. The van der Waals surface area contributed by atoms with Crippen LogP contribution in [0.5, 0.6) is 0 Å². The summed E-state index contributed by atoms with van der Waals surface area (Å²) in [4.78, 5) is 14.5. The van der Waals surface area contributed by atoms with Gasteiger partial charge in [0.1, 0.15) is 24.4 Å². The molecule has 0 radical (unpaired) electrons. The molecule has 0 aromatic carbocycles. The van der Waals surface area contributed by atoms with Crippen LogP contribution in [0.3, 0.4) is 0 Å². The van der Waals surface area contributed by atoms with Crippen LogP contribution in [0.2, 0.25) is 0 Å². The fourth-order valence-corrected chi connectivity index (χ4v) is 10.4. The summed E-state index contributed by atoms with van der Waals surface area (Å²) in [5.41, 5.74) is 2.89. The van der Waals surface area contributed by atoms with Crippen LogP contribution in [-0.4, -0.2) is 93.9 Å². The number of aliphatic hydroxyl groups is 4. The highest BCUT2D eigenvalue weighted by atomic mass is 16.7. The number of carbonyl (C=O) groups is 1. The zero-order valence-electron chi connectivity index (χ0n) is 25.4. The standard InChI is InChI=1S/C33H49NO8/c1-15-11-22-26(34-13-15)17(3)33(42-22)10-8-20-21-6-5-18-12-19(40-31-30(39)29(38)27(36)23(14-35)41-31)7-9-32(18,4)25(21)28(37)24(20)16(33)2/h5,15,17,19-23,25-27,29-31,34-36,38-39H,6-14H2,1-4H3/t15-,17+,19+,20-,21+,22+,23+,25+,26-,27+,29-,30+,31-,32+,33-/m0/s1. The van der Waals surface area contributed by atoms with E-state index in [1.807, 2.05) is 0 Å². The van der Waals surface area contributed by atoms with Gasteiger partial charge in [-0.2, -0.15) is 0 Å². The van der Waals surface area contributed by atoms with E-state index < -0.39 is 37.3 Å². The summed E-state index contributed by atoms with van der Waals surface area (Å²) in [7, 11) is 0. The van der Waals surface area contributed by atoms with E-state index in [0.717, 1.165) is 44.2 Å². The molecule has 4 aliphatic carbocycles. The Kier molecular flexibility index (Phi) is 7.34. The van der Waals surface area contributed by atoms with E-state index in [9.17, 15) is 25.2 Å². The molecule has 7 aliphatic rings. The Labute approximate surface area is 248 Å². The molecule has 0 aromatic rings. The first-order valence-corrected chi connectivity index (χ1v) is 16.3. The van der Waals surface area contributed by atoms with Crippen molar-refractivity contribution >= 4 is 5.78 Å². The predicted octanol–water partition coefficient (Wildman–Crippen LogP) is 2.01. The van der Waals surface area contributed by atoms with E-state index in [1.165, 1.54) is 11.1 Å². The highest BCUT2D eigenvalue weighted by Gasteiger charge is 2.63. The highest BCUT2D eigenvalue weighted by molar-refractivity contribution is 6.02. The van der Waals surface area contributed by atoms with Gasteiger partial charge in [-0.3, -0.25) is 4.79 Å². The van der Waals surface area contributed by atoms with Gasteiger partial charge in [0.2, 0.25) is 0 Å². The van der Waals surface area contributed by atoms with E-state index in [0.29, 0.717) is 42.4 Å². The molecular formula is C33H49NO8. The smallest absolute Gasteiger partial charge is 0.186 e. The van der Waals surface area contributed by atoms with Crippen LogP contribution < -0.4 is 5.32 Å². The van der Waals surface area contributed by atoms with Gasteiger partial charge in [-0.05, 0) is 87.2 Å². The Hall–Kier alpha value is -1.17. The summed E-state index contributed by atoms with van der Waals surface area (Å²) in [6.07, 6.45) is 1.93. The fourth-order valence-electron chi connectivity index (χ4n) is 10.4. The molecule has 2 saturated carbocycles. The van der Waals surface area contributed by atoms with Crippen molar-refractivity contribution in [2.45, 2.75) is 127 Å². The van der Waals surface area contributed by atoms with Crippen molar-refractivity contribution in [3.05, 3.63) is 22.8 Å². The third-order valence-corrected chi connectivity index (χ3v) is 12.8. The zero-order chi connectivity index (χ0) is 29.7. The molecular weight excluding hydrogens is 538 g/mol. The highest BCUT2D eigenvalue weighted by Crippen LogP contribution is 2.64. The molecule has 1 spiro atoms. The van der Waals surface area contributed by atoms with Crippen molar-refractivity contribution in [1.29, 1.82) is 0 Å². The normalized spacial score (nSPS) is 53.9. The molecule has 0 amide bonds. The molecule has 5 fully saturated rings. The molecule has 234 valence electrons. The molecule has 3 heterocycles. The third kappa shape index (κ3) is 4.14. The average Bonchev–Trinajstić information content (AvgIpc) is 3.42. The van der Waals surface area contributed by atoms with Crippen molar-refractivity contribution in [1.82, 2.24) is 5.32 Å². The maximum Gasteiger partial charge on any atom is 0.186 e. The van der Waals surface area contributed by atoms with Crippen LogP contribution in [0.25, 0.3) is 0 Å². The van der Waals surface area contributed by atoms with Crippen LogP contribution >= 0.6 is 0 Å². The van der Waals surface area contributed by atoms with E-state index in [1.54, 1.807) is 0 Å². The molecule has 3 saturated heterocycles. The number of allylic oxidation sites excluding steroid dienone is 2. The van der Waals surface area contributed by atoms with Crippen molar-refractivity contribution in [2.75, 3.05) is 13.2 Å². The lowest BCUT2D eigenvalue weighted by Gasteiger charge is -2.49. The topological polar surface area (TPSA) is 138 Å². The van der Waals surface area contributed by atoms with E-state index in [2.05, 4.69) is 39.1 Å². The van der Waals surface area contributed by atoms with Crippen molar-refractivity contribution in [3.8, 4) is 0 Å². The number of hydrogen-bond donors (Lipinski definition) is 5. The summed E-state index contributed by atoms with van der Waals surface area (Å²) >= 11 is 0. The molecule has 7 rings (SSSR count). The first-order chi connectivity index (χ1) is 20.0. The van der Waals surface area contributed by atoms with Crippen molar-refractivity contribution in [3.63, 3.8) is 0 Å². The van der Waals surface area contributed by atoms with Crippen molar-refractivity contribution < 1.29 is 39.4 Å². The van der Waals surface area contributed by atoms with Gasteiger partial charge in [0.25, 0.3) is 0 Å². The number of rotatable bonds is 3. The lowest BCUT2D eigenvalue weighted by Crippen LogP contribution is -2.60. The quantitative estimate of drug-likeness (QED) is 0.314. The zero-order valence-corrected chi connectivity index (χ0v) is 25.4. The Balaban J connectivity index is 1.11. The van der Waals surface area contributed by atoms with Gasteiger partial charge < -0.3 is 40.0 Å². The Bertz CT molecular complexity index is 1170. The summed E-state index contributed by atoms with van der Waals surface area (Å²) in [5.74, 6) is 1.81. The molecule has 9 nitrogen and oxygen atoms in total. The summed E-state index contributed by atoms with van der Waals surface area (Å²) in [5, 5.41) is 44.2. The summed E-state index contributed by atoms with van der Waals surface area (Å²) < 4.78 is 18.8. The van der Waals surface area contributed by atoms with Gasteiger partial charge in [0.15, 0.2) is 12.1 Å². The maximum absolute atomic E-state index is 14.5. The van der Waals surface area contributed by atoms with Crippen LogP contribution in [0.1, 0.15) is 72.6 Å². The number of piperidine rings is 1. The van der Waals surface area contributed by atoms with Gasteiger partial charge in [0.05, 0.1) is 24.4 Å².